The molecule has 0 bridgehead atoms. The number of halogens is 1. The molecule has 5 nitrogen and oxygen atoms in total. The van der Waals surface area contributed by atoms with Crippen LogP contribution < -0.4 is 11.1 Å². The van der Waals surface area contributed by atoms with Gasteiger partial charge in [-0.2, -0.15) is 0 Å². The molecule has 0 unspecified atom stereocenters. The molecule has 0 aliphatic carbocycles. The van der Waals surface area contributed by atoms with Crippen LogP contribution in [-0.4, -0.2) is 29.6 Å². The lowest BCUT2D eigenvalue weighted by molar-refractivity contribution is -0.129. The Morgan fingerprint density at radius 2 is 1.66 bits per heavy atom. The van der Waals surface area contributed by atoms with Gasteiger partial charge in [0.15, 0.2) is 5.78 Å². The lowest BCUT2D eigenvalue weighted by Gasteiger charge is -2.20. The van der Waals surface area contributed by atoms with Gasteiger partial charge in [-0.1, -0.05) is 54.6 Å². The van der Waals surface area contributed by atoms with E-state index in [0.717, 1.165) is 21.9 Å². The van der Waals surface area contributed by atoms with Crippen molar-refractivity contribution >= 4 is 28.2 Å². The highest BCUT2D eigenvalue weighted by molar-refractivity contribution is 5.93. The van der Waals surface area contributed by atoms with Crippen molar-refractivity contribution in [3.8, 4) is 0 Å². The lowest BCUT2D eigenvalue weighted by atomic mass is 9.95. The SMILES string of the molecule is CC(=O)C[C@H](N)C(=O)N[C@@H](Cc1ccc(F)cc1)C(=O)CCc1cccc2ccccc12. The van der Waals surface area contributed by atoms with Gasteiger partial charge in [-0.3, -0.25) is 14.4 Å². The molecule has 0 fully saturated rings. The van der Waals surface area contributed by atoms with Gasteiger partial charge in [-0.05, 0) is 53.8 Å². The van der Waals surface area contributed by atoms with Crippen molar-refractivity contribution in [1.29, 1.82) is 0 Å². The van der Waals surface area contributed by atoms with Crippen LogP contribution in [0.15, 0.2) is 66.7 Å². The van der Waals surface area contributed by atoms with Crippen LogP contribution in [0.3, 0.4) is 0 Å². The third-order valence-electron chi connectivity index (χ3n) is 5.42. The van der Waals surface area contributed by atoms with Gasteiger partial charge in [0.05, 0.1) is 12.1 Å². The van der Waals surface area contributed by atoms with Gasteiger partial charge in [0.2, 0.25) is 5.91 Å². The third-order valence-corrected chi connectivity index (χ3v) is 5.42. The molecule has 166 valence electrons. The summed E-state index contributed by atoms with van der Waals surface area (Å²) >= 11 is 0. The lowest BCUT2D eigenvalue weighted by Crippen LogP contribution is -2.49. The molecule has 0 saturated heterocycles. The summed E-state index contributed by atoms with van der Waals surface area (Å²) in [5, 5.41) is 4.89. The zero-order chi connectivity index (χ0) is 23.1. The van der Waals surface area contributed by atoms with Crippen molar-refractivity contribution in [1.82, 2.24) is 5.32 Å². The Kier molecular flexibility index (Phi) is 7.84. The van der Waals surface area contributed by atoms with Crippen LogP contribution in [0.1, 0.15) is 30.9 Å². The van der Waals surface area contributed by atoms with E-state index in [-0.39, 0.29) is 36.6 Å². The predicted molar refractivity (Wildman–Crippen MR) is 123 cm³/mol. The molecular weight excluding hydrogens is 407 g/mol. The van der Waals surface area contributed by atoms with Crippen molar-refractivity contribution in [3.63, 3.8) is 0 Å². The Balaban J connectivity index is 1.74. The molecule has 32 heavy (non-hydrogen) atoms. The van der Waals surface area contributed by atoms with Crippen LogP contribution in [0, 0.1) is 5.82 Å². The Hall–Kier alpha value is -3.38. The number of nitrogens with two attached hydrogens (primary N) is 1. The highest BCUT2D eigenvalue weighted by Crippen LogP contribution is 2.20. The minimum absolute atomic E-state index is 0.0979. The molecule has 0 aromatic heterocycles. The average molecular weight is 435 g/mol. The Morgan fingerprint density at radius 3 is 2.38 bits per heavy atom. The second-order valence-electron chi connectivity index (χ2n) is 8.01. The molecule has 2 atom stereocenters. The van der Waals surface area contributed by atoms with E-state index >= 15 is 0 Å². The van der Waals surface area contributed by atoms with E-state index in [1.807, 2.05) is 42.5 Å². The zero-order valence-corrected chi connectivity index (χ0v) is 18.0. The summed E-state index contributed by atoms with van der Waals surface area (Å²) in [6, 6.07) is 17.9. The van der Waals surface area contributed by atoms with Crippen LogP contribution in [0.2, 0.25) is 0 Å². The first-order chi connectivity index (χ1) is 15.3. The Bertz CT molecular complexity index is 1110. The second-order valence-corrected chi connectivity index (χ2v) is 8.01. The molecule has 0 saturated carbocycles. The van der Waals surface area contributed by atoms with Crippen LogP contribution in [0.4, 0.5) is 4.39 Å². The minimum atomic E-state index is -1.02. The maximum absolute atomic E-state index is 13.3. The summed E-state index contributed by atoms with van der Waals surface area (Å²) in [6.45, 7) is 1.36. The quantitative estimate of drug-likeness (QED) is 0.511. The summed E-state index contributed by atoms with van der Waals surface area (Å²) < 4.78 is 13.3. The molecule has 3 rings (SSSR count). The van der Waals surface area contributed by atoms with Crippen LogP contribution in [0.5, 0.6) is 0 Å². The number of hydrogen-bond donors (Lipinski definition) is 2. The van der Waals surface area contributed by atoms with Crippen molar-refractivity contribution in [2.75, 3.05) is 0 Å². The first-order valence-electron chi connectivity index (χ1n) is 10.6. The number of aryl methyl sites for hydroxylation is 1. The minimum Gasteiger partial charge on any atom is -0.345 e. The van der Waals surface area contributed by atoms with Gasteiger partial charge < -0.3 is 11.1 Å². The zero-order valence-electron chi connectivity index (χ0n) is 18.0. The highest BCUT2D eigenvalue weighted by Gasteiger charge is 2.24. The highest BCUT2D eigenvalue weighted by atomic mass is 19.1. The van der Waals surface area contributed by atoms with E-state index < -0.39 is 18.0 Å². The van der Waals surface area contributed by atoms with Gasteiger partial charge in [-0.25, -0.2) is 4.39 Å². The number of amides is 1. The topological polar surface area (TPSA) is 89.3 Å². The van der Waals surface area contributed by atoms with Crippen LogP contribution in [-0.2, 0) is 27.2 Å². The van der Waals surface area contributed by atoms with Crippen molar-refractivity contribution in [3.05, 3.63) is 83.7 Å². The number of rotatable bonds is 10. The van der Waals surface area contributed by atoms with E-state index in [9.17, 15) is 18.8 Å². The van der Waals surface area contributed by atoms with Crippen molar-refractivity contribution in [2.24, 2.45) is 5.73 Å². The summed E-state index contributed by atoms with van der Waals surface area (Å²) in [5.74, 6) is -1.28. The Morgan fingerprint density at radius 1 is 0.969 bits per heavy atom. The summed E-state index contributed by atoms with van der Waals surface area (Å²) in [4.78, 5) is 36.9. The van der Waals surface area contributed by atoms with Crippen molar-refractivity contribution in [2.45, 2.75) is 44.7 Å². The first kappa shape index (κ1) is 23.3. The molecule has 0 spiro atoms. The number of Topliss-reactive ketones (excluding diaryl/α,β-unsaturated/α-hetero) is 2. The molecule has 0 heterocycles. The molecule has 3 aromatic rings. The number of carbonyl (C=O) groups is 3. The predicted octanol–water partition coefficient (Wildman–Crippen LogP) is 3.51. The first-order valence-corrected chi connectivity index (χ1v) is 10.6. The molecule has 1 amide bonds. The normalized spacial score (nSPS) is 12.8. The monoisotopic (exact) mass is 434 g/mol. The number of fused-ring (bicyclic) bond motifs is 1. The number of hydrogen-bond acceptors (Lipinski definition) is 4. The number of benzene rings is 3. The Labute approximate surface area is 186 Å². The summed E-state index contributed by atoms with van der Waals surface area (Å²) in [6.07, 6.45) is 0.865. The van der Waals surface area contributed by atoms with Gasteiger partial charge >= 0.3 is 0 Å². The van der Waals surface area contributed by atoms with E-state index in [1.165, 1.54) is 19.1 Å². The van der Waals surface area contributed by atoms with Gasteiger partial charge in [0, 0.05) is 12.8 Å². The molecule has 0 radical (unpaired) electrons. The number of ketones is 2. The number of nitrogens with one attached hydrogen (secondary N) is 1. The fourth-order valence-corrected chi connectivity index (χ4v) is 3.73. The van der Waals surface area contributed by atoms with Gasteiger partial charge in [0.1, 0.15) is 11.6 Å². The van der Waals surface area contributed by atoms with Crippen molar-refractivity contribution < 1.29 is 18.8 Å². The molecule has 0 aliphatic rings. The molecule has 6 heteroatoms. The largest absolute Gasteiger partial charge is 0.345 e. The molecule has 3 N–H and O–H groups in total. The fraction of sp³-hybridized carbons (Fsp3) is 0.269. The maximum Gasteiger partial charge on any atom is 0.237 e. The second kappa shape index (κ2) is 10.8. The van der Waals surface area contributed by atoms with Crippen LogP contribution in [0.25, 0.3) is 10.8 Å². The average Bonchev–Trinajstić information content (AvgIpc) is 2.77. The third kappa shape index (κ3) is 6.31. The van der Waals surface area contributed by atoms with E-state index in [1.54, 1.807) is 12.1 Å². The van der Waals surface area contributed by atoms with Gasteiger partial charge in [0.25, 0.3) is 0 Å². The smallest absolute Gasteiger partial charge is 0.237 e. The fourth-order valence-electron chi connectivity index (χ4n) is 3.73. The maximum atomic E-state index is 13.3. The molecule has 3 aromatic carbocycles. The molecular formula is C26H27FN2O3. The van der Waals surface area contributed by atoms with E-state index in [4.69, 9.17) is 5.73 Å². The standard InChI is InChI=1S/C26H27FN2O3/c1-17(30)15-23(28)26(32)29-24(16-18-9-12-21(27)13-10-18)25(31)14-11-20-7-4-6-19-5-2-3-8-22(19)20/h2-10,12-13,23-24H,11,14-16,28H2,1H3,(H,29,32)/t23-,24-/m0/s1. The summed E-state index contributed by atoms with van der Waals surface area (Å²) in [5.41, 5.74) is 7.58. The molecule has 0 aliphatic heterocycles. The van der Waals surface area contributed by atoms with E-state index in [2.05, 4.69) is 5.32 Å². The van der Waals surface area contributed by atoms with Crippen LogP contribution >= 0.6 is 0 Å². The summed E-state index contributed by atoms with van der Waals surface area (Å²) in [7, 11) is 0. The number of carbonyl (C=O) groups excluding carboxylic acids is 3. The van der Waals surface area contributed by atoms with Gasteiger partial charge in [-0.15, -0.1) is 0 Å². The van der Waals surface area contributed by atoms with E-state index in [0.29, 0.717) is 6.42 Å².